The Morgan fingerprint density at radius 1 is 1.75 bits per heavy atom. The summed E-state index contributed by atoms with van der Waals surface area (Å²) in [6, 6.07) is 3.86. The quantitative estimate of drug-likeness (QED) is 0.534. The molecule has 0 aromatic carbocycles. The Kier molecular flexibility index (Phi) is 1.35. The fourth-order valence-electron chi connectivity index (χ4n) is 0.331. The second-order valence-electron chi connectivity index (χ2n) is 1.25. The van der Waals surface area contributed by atoms with Crippen LogP contribution < -0.4 is 0 Å². The Morgan fingerprint density at radius 3 is 2.88 bits per heavy atom. The summed E-state index contributed by atoms with van der Waals surface area (Å²) in [6.07, 6.45) is 1.24. The molecular formula is C5H3ClNO. The largest absolute Gasteiger partial charge is 0.506 e. The Balaban J connectivity index is 3.03. The van der Waals surface area contributed by atoms with Crippen molar-refractivity contribution in [2.24, 2.45) is 0 Å². The molecule has 0 spiro atoms. The molecular weight excluding hydrogens is 126 g/mol. The second kappa shape index (κ2) is 2.01. The van der Waals surface area contributed by atoms with E-state index < -0.39 is 0 Å². The van der Waals surface area contributed by atoms with Gasteiger partial charge in [-0.3, -0.25) is 0 Å². The highest BCUT2D eigenvalue weighted by molar-refractivity contribution is 6.29. The Bertz CT molecular complexity index is 151. The van der Waals surface area contributed by atoms with Crippen LogP contribution >= 0.6 is 11.6 Å². The lowest BCUT2D eigenvalue weighted by molar-refractivity contribution is 0.471. The topological polar surface area (TPSA) is 33.1 Å². The summed E-state index contributed by atoms with van der Waals surface area (Å²) in [5.41, 5.74) is 0. The molecule has 3 heteroatoms. The highest BCUT2D eigenvalue weighted by Gasteiger charge is 1.86. The summed E-state index contributed by atoms with van der Waals surface area (Å²) in [5, 5.41) is 8.92. The standard InChI is InChI=1S/C5H3ClNO/c6-5-2-1-4(8)3-7-5/h2-3,8H. The number of pyridine rings is 1. The van der Waals surface area contributed by atoms with Crippen molar-refractivity contribution in [3.8, 4) is 5.75 Å². The average molecular weight is 129 g/mol. The molecule has 1 radical (unpaired) electrons. The van der Waals surface area contributed by atoms with E-state index in [1.165, 1.54) is 12.3 Å². The summed E-state index contributed by atoms with van der Waals surface area (Å²) >= 11 is 5.36. The van der Waals surface area contributed by atoms with Crippen molar-refractivity contribution in [3.05, 3.63) is 23.5 Å². The Labute approximate surface area is 51.7 Å². The first-order valence-electron chi connectivity index (χ1n) is 2.01. The number of nitrogens with zero attached hydrogens (tertiary/aromatic N) is 1. The minimum absolute atomic E-state index is 0.00870. The number of hydrogen-bond donors (Lipinski definition) is 1. The van der Waals surface area contributed by atoms with E-state index in [-0.39, 0.29) is 5.75 Å². The number of aromatic nitrogens is 1. The van der Waals surface area contributed by atoms with Crippen molar-refractivity contribution in [1.29, 1.82) is 0 Å². The molecule has 2 nitrogen and oxygen atoms in total. The van der Waals surface area contributed by atoms with Crippen LogP contribution in [0.2, 0.25) is 5.15 Å². The van der Waals surface area contributed by atoms with E-state index in [1.807, 2.05) is 0 Å². The van der Waals surface area contributed by atoms with Gasteiger partial charge in [0.05, 0.1) is 6.20 Å². The molecule has 0 saturated carbocycles. The van der Waals surface area contributed by atoms with Crippen LogP contribution in [0, 0.1) is 6.07 Å². The number of aromatic hydroxyl groups is 1. The van der Waals surface area contributed by atoms with E-state index in [4.69, 9.17) is 16.7 Å². The van der Waals surface area contributed by atoms with Crippen LogP contribution in [0.5, 0.6) is 5.75 Å². The molecule has 0 fully saturated rings. The van der Waals surface area contributed by atoms with Crippen LogP contribution in [0.4, 0.5) is 0 Å². The smallest absolute Gasteiger partial charge is 0.141 e. The molecule has 1 aromatic rings. The van der Waals surface area contributed by atoms with E-state index in [0.29, 0.717) is 5.15 Å². The van der Waals surface area contributed by atoms with Gasteiger partial charge < -0.3 is 5.11 Å². The van der Waals surface area contributed by atoms with Crippen LogP contribution in [-0.2, 0) is 0 Å². The zero-order valence-corrected chi connectivity index (χ0v) is 4.68. The molecule has 41 valence electrons. The minimum Gasteiger partial charge on any atom is -0.506 e. The second-order valence-corrected chi connectivity index (χ2v) is 1.64. The van der Waals surface area contributed by atoms with E-state index in [1.54, 1.807) is 0 Å². The molecule has 0 unspecified atom stereocenters. The minimum atomic E-state index is 0.00870. The van der Waals surface area contributed by atoms with Gasteiger partial charge in [-0.25, -0.2) is 4.98 Å². The van der Waals surface area contributed by atoms with Gasteiger partial charge >= 0.3 is 0 Å². The van der Waals surface area contributed by atoms with Crippen molar-refractivity contribution < 1.29 is 5.11 Å². The van der Waals surface area contributed by atoms with Gasteiger partial charge in [-0.05, 0) is 6.07 Å². The van der Waals surface area contributed by atoms with E-state index >= 15 is 0 Å². The molecule has 1 N–H and O–H groups in total. The van der Waals surface area contributed by atoms with Crippen LogP contribution in [0.3, 0.4) is 0 Å². The van der Waals surface area contributed by atoms with E-state index in [0.717, 1.165) is 0 Å². The van der Waals surface area contributed by atoms with Gasteiger partial charge in [0.2, 0.25) is 0 Å². The summed E-state index contributed by atoms with van der Waals surface area (Å²) < 4.78 is 0. The molecule has 1 heterocycles. The predicted molar refractivity (Wildman–Crippen MR) is 29.7 cm³/mol. The van der Waals surface area contributed by atoms with Crippen molar-refractivity contribution >= 4 is 11.6 Å². The molecule has 0 saturated heterocycles. The predicted octanol–water partition coefficient (Wildman–Crippen LogP) is 1.24. The van der Waals surface area contributed by atoms with Gasteiger partial charge in [0.1, 0.15) is 10.9 Å². The number of rotatable bonds is 0. The fraction of sp³-hybridized carbons (Fsp3) is 0. The van der Waals surface area contributed by atoms with Crippen molar-refractivity contribution in [2.75, 3.05) is 0 Å². The third-order valence-corrected chi connectivity index (χ3v) is 0.856. The lowest BCUT2D eigenvalue weighted by atomic mass is 10.5. The number of halogens is 1. The van der Waals surface area contributed by atoms with E-state index in [2.05, 4.69) is 11.1 Å². The molecule has 0 aliphatic heterocycles. The summed E-state index contributed by atoms with van der Waals surface area (Å²) in [4.78, 5) is 3.56. The monoisotopic (exact) mass is 128 g/mol. The molecule has 8 heavy (non-hydrogen) atoms. The molecule has 0 bridgehead atoms. The van der Waals surface area contributed by atoms with Crippen LogP contribution in [0.1, 0.15) is 0 Å². The molecule has 0 atom stereocenters. The molecule has 0 aliphatic carbocycles. The third-order valence-electron chi connectivity index (χ3n) is 0.649. The summed E-state index contributed by atoms with van der Waals surface area (Å²) in [5.74, 6) is 0.00870. The van der Waals surface area contributed by atoms with Gasteiger partial charge in [-0.15, -0.1) is 0 Å². The number of hydrogen-bond acceptors (Lipinski definition) is 2. The molecule has 0 amide bonds. The van der Waals surface area contributed by atoms with Gasteiger partial charge in [0, 0.05) is 6.07 Å². The summed E-state index contributed by atoms with van der Waals surface area (Å²) in [6.45, 7) is 0. The molecule has 0 aliphatic rings. The first-order valence-corrected chi connectivity index (χ1v) is 2.39. The average Bonchev–Trinajstić information content (AvgIpc) is 1.77. The zero-order chi connectivity index (χ0) is 5.98. The SMILES string of the molecule is Oc1[c]cc(Cl)nc1. The van der Waals surface area contributed by atoms with Gasteiger partial charge in [-0.1, -0.05) is 11.6 Å². The maximum absolute atomic E-state index is 8.58. The van der Waals surface area contributed by atoms with Crippen molar-refractivity contribution in [1.82, 2.24) is 4.98 Å². The fourth-order valence-corrected chi connectivity index (χ4v) is 0.434. The van der Waals surface area contributed by atoms with Crippen LogP contribution in [-0.4, -0.2) is 10.1 Å². The Morgan fingerprint density at radius 2 is 2.50 bits per heavy atom. The van der Waals surface area contributed by atoms with Gasteiger partial charge in [0.15, 0.2) is 0 Å². The normalized spacial score (nSPS) is 9.12. The van der Waals surface area contributed by atoms with Crippen LogP contribution in [0.25, 0.3) is 0 Å². The van der Waals surface area contributed by atoms with Crippen molar-refractivity contribution in [3.63, 3.8) is 0 Å². The molecule has 1 rings (SSSR count). The summed E-state index contributed by atoms with van der Waals surface area (Å²) in [7, 11) is 0. The zero-order valence-electron chi connectivity index (χ0n) is 3.93. The molecule has 1 aromatic heterocycles. The first-order chi connectivity index (χ1) is 3.79. The van der Waals surface area contributed by atoms with Gasteiger partial charge in [0.25, 0.3) is 0 Å². The first kappa shape index (κ1) is 5.38. The van der Waals surface area contributed by atoms with E-state index in [9.17, 15) is 0 Å². The van der Waals surface area contributed by atoms with Crippen molar-refractivity contribution in [2.45, 2.75) is 0 Å². The maximum atomic E-state index is 8.58. The lowest BCUT2D eigenvalue weighted by Gasteiger charge is -1.85. The highest BCUT2D eigenvalue weighted by Crippen LogP contribution is 2.07. The lowest BCUT2D eigenvalue weighted by Crippen LogP contribution is -1.70. The highest BCUT2D eigenvalue weighted by atomic mass is 35.5. The maximum Gasteiger partial charge on any atom is 0.141 e. The van der Waals surface area contributed by atoms with Gasteiger partial charge in [-0.2, -0.15) is 0 Å². The Hall–Kier alpha value is -0.760. The van der Waals surface area contributed by atoms with Crippen LogP contribution in [0.15, 0.2) is 12.3 Å². The third kappa shape index (κ3) is 1.10.